The Morgan fingerprint density at radius 2 is 1.85 bits per heavy atom. The van der Waals surface area contributed by atoms with E-state index in [2.05, 4.69) is 5.32 Å². The summed E-state index contributed by atoms with van der Waals surface area (Å²) in [6, 6.07) is 0.393. The van der Waals surface area contributed by atoms with Crippen LogP contribution in [0, 0.1) is 0 Å². The summed E-state index contributed by atoms with van der Waals surface area (Å²) in [4.78, 5) is 0. The van der Waals surface area contributed by atoms with Gasteiger partial charge in [0, 0.05) is 12.6 Å². The highest BCUT2D eigenvalue weighted by molar-refractivity contribution is 4.77. The molecule has 4 nitrogen and oxygen atoms in total. The average molecular weight is 189 g/mol. The summed E-state index contributed by atoms with van der Waals surface area (Å²) < 4.78 is 0. The molecule has 4 heteroatoms. The lowest BCUT2D eigenvalue weighted by molar-refractivity contribution is 0.0822. The molecule has 1 aliphatic rings. The Morgan fingerprint density at radius 1 is 1.23 bits per heavy atom. The van der Waals surface area contributed by atoms with Gasteiger partial charge in [-0.15, -0.1) is 0 Å². The topological polar surface area (TPSA) is 72.7 Å². The van der Waals surface area contributed by atoms with Crippen LogP contribution in [0.2, 0.25) is 0 Å². The second kappa shape index (κ2) is 5.54. The van der Waals surface area contributed by atoms with Gasteiger partial charge in [-0.3, -0.25) is 0 Å². The van der Waals surface area contributed by atoms with Crippen LogP contribution in [0.3, 0.4) is 0 Å². The predicted molar refractivity (Wildman–Crippen MR) is 49.4 cm³/mol. The number of aliphatic hydroxyl groups excluding tert-OH is 3. The van der Waals surface area contributed by atoms with E-state index in [1.165, 1.54) is 0 Å². The van der Waals surface area contributed by atoms with E-state index in [4.69, 9.17) is 10.2 Å². The van der Waals surface area contributed by atoms with Gasteiger partial charge in [-0.1, -0.05) is 0 Å². The molecule has 1 aliphatic carbocycles. The van der Waals surface area contributed by atoms with Crippen molar-refractivity contribution in [2.45, 2.75) is 43.9 Å². The average Bonchev–Trinajstić information content (AvgIpc) is 2.16. The number of rotatable bonds is 4. The standard InChI is InChI=1S/C9H19NO3/c11-6-9(13)5-10-7-1-3-8(12)4-2-7/h7-13H,1-6H2. The van der Waals surface area contributed by atoms with Gasteiger partial charge in [0.2, 0.25) is 0 Å². The number of hydrogen-bond donors (Lipinski definition) is 4. The van der Waals surface area contributed by atoms with Crippen LogP contribution < -0.4 is 5.32 Å². The first kappa shape index (κ1) is 10.9. The summed E-state index contributed by atoms with van der Waals surface area (Å²) in [5, 5.41) is 30.1. The van der Waals surface area contributed by atoms with Gasteiger partial charge in [-0.2, -0.15) is 0 Å². The molecule has 4 N–H and O–H groups in total. The highest BCUT2D eigenvalue weighted by Gasteiger charge is 2.19. The van der Waals surface area contributed by atoms with Crippen LogP contribution in [0.4, 0.5) is 0 Å². The van der Waals surface area contributed by atoms with Crippen LogP contribution in [0.25, 0.3) is 0 Å². The molecule has 0 radical (unpaired) electrons. The molecule has 13 heavy (non-hydrogen) atoms. The van der Waals surface area contributed by atoms with Gasteiger partial charge in [-0.25, -0.2) is 0 Å². The van der Waals surface area contributed by atoms with Gasteiger partial charge < -0.3 is 20.6 Å². The zero-order valence-electron chi connectivity index (χ0n) is 7.82. The lowest BCUT2D eigenvalue weighted by Crippen LogP contribution is -2.39. The van der Waals surface area contributed by atoms with Crippen molar-refractivity contribution in [3.05, 3.63) is 0 Å². The zero-order valence-corrected chi connectivity index (χ0v) is 7.82. The first-order chi connectivity index (χ1) is 6.22. The molecule has 0 aliphatic heterocycles. The number of hydrogen-bond acceptors (Lipinski definition) is 4. The molecule has 0 bridgehead atoms. The maximum Gasteiger partial charge on any atom is 0.0895 e. The quantitative estimate of drug-likeness (QED) is 0.469. The van der Waals surface area contributed by atoms with E-state index >= 15 is 0 Å². The Bertz CT molecular complexity index is 135. The molecule has 0 aromatic rings. The minimum atomic E-state index is -0.660. The molecule has 0 spiro atoms. The lowest BCUT2D eigenvalue weighted by Gasteiger charge is -2.26. The fourth-order valence-corrected chi connectivity index (χ4v) is 1.65. The fourth-order valence-electron chi connectivity index (χ4n) is 1.65. The molecule has 0 aromatic carbocycles. The summed E-state index contributed by atoms with van der Waals surface area (Å²) in [6.07, 6.45) is 2.80. The van der Waals surface area contributed by atoms with Crippen molar-refractivity contribution in [2.75, 3.05) is 13.2 Å². The Kier molecular flexibility index (Phi) is 4.66. The summed E-state index contributed by atoms with van der Waals surface area (Å²) in [5.41, 5.74) is 0. The SMILES string of the molecule is OCC(O)CNC1CCC(O)CC1. The van der Waals surface area contributed by atoms with E-state index in [1.54, 1.807) is 0 Å². The van der Waals surface area contributed by atoms with Gasteiger partial charge in [0.1, 0.15) is 0 Å². The second-order valence-electron chi connectivity index (χ2n) is 3.75. The molecule has 1 rings (SSSR count). The van der Waals surface area contributed by atoms with Gasteiger partial charge in [-0.05, 0) is 25.7 Å². The van der Waals surface area contributed by atoms with E-state index in [0.29, 0.717) is 12.6 Å². The molecule has 0 aromatic heterocycles. The minimum Gasteiger partial charge on any atom is -0.394 e. The van der Waals surface area contributed by atoms with Crippen molar-refractivity contribution >= 4 is 0 Å². The van der Waals surface area contributed by atoms with Gasteiger partial charge in [0.05, 0.1) is 18.8 Å². The van der Waals surface area contributed by atoms with Crippen LogP contribution in [-0.2, 0) is 0 Å². The van der Waals surface area contributed by atoms with E-state index in [-0.39, 0.29) is 12.7 Å². The van der Waals surface area contributed by atoms with Crippen molar-refractivity contribution in [3.63, 3.8) is 0 Å². The zero-order chi connectivity index (χ0) is 9.68. The van der Waals surface area contributed by atoms with E-state index < -0.39 is 6.10 Å². The molecular formula is C9H19NO3. The lowest BCUT2D eigenvalue weighted by atomic mass is 9.93. The van der Waals surface area contributed by atoms with Crippen molar-refractivity contribution in [2.24, 2.45) is 0 Å². The van der Waals surface area contributed by atoms with Crippen LogP contribution in [0.15, 0.2) is 0 Å². The summed E-state index contributed by atoms with van der Waals surface area (Å²) in [6.45, 7) is 0.250. The number of aliphatic hydroxyl groups is 3. The second-order valence-corrected chi connectivity index (χ2v) is 3.75. The Hall–Kier alpha value is -0.160. The highest BCUT2D eigenvalue weighted by atomic mass is 16.3. The maximum absolute atomic E-state index is 9.23. The molecule has 1 atom stereocenters. The summed E-state index contributed by atoms with van der Waals surface area (Å²) in [7, 11) is 0. The predicted octanol–water partition coefficient (Wildman–Crippen LogP) is -0.767. The van der Waals surface area contributed by atoms with Crippen LogP contribution in [0.5, 0.6) is 0 Å². The highest BCUT2D eigenvalue weighted by Crippen LogP contribution is 2.17. The van der Waals surface area contributed by atoms with Crippen molar-refractivity contribution < 1.29 is 15.3 Å². The third-order valence-electron chi connectivity index (χ3n) is 2.55. The van der Waals surface area contributed by atoms with Crippen LogP contribution in [0.1, 0.15) is 25.7 Å². The smallest absolute Gasteiger partial charge is 0.0895 e. The third-order valence-corrected chi connectivity index (χ3v) is 2.55. The third kappa shape index (κ3) is 4.04. The van der Waals surface area contributed by atoms with Crippen molar-refractivity contribution in [1.29, 1.82) is 0 Å². The Labute approximate surface area is 78.6 Å². The van der Waals surface area contributed by atoms with Gasteiger partial charge >= 0.3 is 0 Å². The van der Waals surface area contributed by atoms with E-state index in [9.17, 15) is 5.11 Å². The molecule has 1 unspecified atom stereocenters. The molecule has 0 heterocycles. The first-order valence-corrected chi connectivity index (χ1v) is 4.92. The van der Waals surface area contributed by atoms with E-state index in [1.807, 2.05) is 0 Å². The summed E-state index contributed by atoms with van der Waals surface area (Å²) >= 11 is 0. The van der Waals surface area contributed by atoms with E-state index in [0.717, 1.165) is 25.7 Å². The normalized spacial score (nSPS) is 31.6. The Balaban J connectivity index is 2.08. The summed E-state index contributed by atoms with van der Waals surface area (Å²) in [5.74, 6) is 0. The molecule has 0 amide bonds. The molecule has 1 fully saturated rings. The molecule has 78 valence electrons. The van der Waals surface area contributed by atoms with Crippen molar-refractivity contribution in [1.82, 2.24) is 5.32 Å². The van der Waals surface area contributed by atoms with Crippen molar-refractivity contribution in [3.8, 4) is 0 Å². The molecular weight excluding hydrogens is 170 g/mol. The maximum atomic E-state index is 9.23. The Morgan fingerprint density at radius 3 is 2.38 bits per heavy atom. The monoisotopic (exact) mass is 189 g/mol. The van der Waals surface area contributed by atoms with Crippen LogP contribution in [-0.4, -0.2) is 46.7 Å². The number of nitrogens with one attached hydrogen (secondary N) is 1. The van der Waals surface area contributed by atoms with Gasteiger partial charge in [0.15, 0.2) is 0 Å². The van der Waals surface area contributed by atoms with Gasteiger partial charge in [0.25, 0.3) is 0 Å². The first-order valence-electron chi connectivity index (χ1n) is 4.92. The molecule has 0 saturated heterocycles. The minimum absolute atomic E-state index is 0.138. The van der Waals surface area contributed by atoms with Crippen LogP contribution >= 0.6 is 0 Å². The largest absolute Gasteiger partial charge is 0.394 e. The fraction of sp³-hybridized carbons (Fsp3) is 1.00. The molecule has 1 saturated carbocycles.